The molecule has 1 aliphatic rings. The summed E-state index contributed by atoms with van der Waals surface area (Å²) in [6.07, 6.45) is 3.32. The number of nitro benzene ring substituents is 1. The lowest BCUT2D eigenvalue weighted by Crippen LogP contribution is -2.36. The van der Waals surface area contributed by atoms with Crippen molar-refractivity contribution in [3.63, 3.8) is 0 Å². The third kappa shape index (κ3) is 3.60. The van der Waals surface area contributed by atoms with Crippen molar-refractivity contribution in [1.29, 1.82) is 0 Å². The van der Waals surface area contributed by atoms with E-state index in [0.29, 0.717) is 18.0 Å². The third-order valence-electron chi connectivity index (χ3n) is 3.49. The summed E-state index contributed by atoms with van der Waals surface area (Å²) in [5.74, 6) is 0.467. The molecule has 0 aliphatic heterocycles. The van der Waals surface area contributed by atoms with Crippen LogP contribution in [0.1, 0.15) is 32.6 Å². The molecule has 1 fully saturated rings. The Balaban J connectivity index is 2.18. The van der Waals surface area contributed by atoms with Crippen LogP contribution >= 0.6 is 0 Å². The summed E-state index contributed by atoms with van der Waals surface area (Å²) in [6, 6.07) is 4.56. The first kappa shape index (κ1) is 14.6. The molecule has 2 unspecified atom stereocenters. The molecule has 0 radical (unpaired) electrons. The predicted molar refractivity (Wildman–Crippen MR) is 76.2 cm³/mol. The van der Waals surface area contributed by atoms with Gasteiger partial charge in [-0.15, -0.1) is 0 Å². The maximum atomic E-state index is 10.9. The van der Waals surface area contributed by atoms with E-state index in [4.69, 9.17) is 4.74 Å². The van der Waals surface area contributed by atoms with Crippen LogP contribution in [0.15, 0.2) is 18.2 Å². The minimum absolute atomic E-state index is 0.0104. The monoisotopic (exact) mass is 280 g/mol. The van der Waals surface area contributed by atoms with Crippen molar-refractivity contribution in [2.45, 2.75) is 44.8 Å². The number of anilines is 1. The summed E-state index contributed by atoms with van der Waals surface area (Å²) in [6.45, 7) is 2.28. The SMILES string of the molecule is CCOc1cc(NC2CCCCC2O)cc([N+](=O)[O-])c1. The number of hydrogen-bond donors (Lipinski definition) is 2. The van der Waals surface area contributed by atoms with E-state index in [1.165, 1.54) is 12.1 Å². The molecule has 0 saturated heterocycles. The van der Waals surface area contributed by atoms with Crippen molar-refractivity contribution < 1.29 is 14.8 Å². The second-order valence-electron chi connectivity index (χ2n) is 5.01. The van der Waals surface area contributed by atoms with Gasteiger partial charge in [-0.25, -0.2) is 0 Å². The van der Waals surface area contributed by atoms with Crippen LogP contribution in [-0.4, -0.2) is 28.8 Å². The highest BCUT2D eigenvalue weighted by Gasteiger charge is 2.23. The van der Waals surface area contributed by atoms with Gasteiger partial charge in [0.2, 0.25) is 0 Å². The Morgan fingerprint density at radius 3 is 2.80 bits per heavy atom. The highest BCUT2D eigenvalue weighted by molar-refractivity contribution is 5.57. The molecule has 6 heteroatoms. The number of ether oxygens (including phenoxy) is 1. The normalized spacial score (nSPS) is 22.3. The maximum Gasteiger partial charge on any atom is 0.275 e. The summed E-state index contributed by atoms with van der Waals surface area (Å²) in [7, 11) is 0. The number of non-ortho nitro benzene ring substituents is 1. The molecule has 20 heavy (non-hydrogen) atoms. The molecule has 0 heterocycles. The number of nitro groups is 1. The highest BCUT2D eigenvalue weighted by atomic mass is 16.6. The van der Waals surface area contributed by atoms with Gasteiger partial charge in [0.1, 0.15) is 5.75 Å². The average Bonchev–Trinajstić information content (AvgIpc) is 2.41. The fourth-order valence-electron chi connectivity index (χ4n) is 2.52. The smallest absolute Gasteiger partial charge is 0.275 e. The number of nitrogens with one attached hydrogen (secondary N) is 1. The van der Waals surface area contributed by atoms with Crippen LogP contribution < -0.4 is 10.1 Å². The predicted octanol–water partition coefficient (Wildman–Crippen LogP) is 2.71. The molecular weight excluding hydrogens is 260 g/mol. The lowest BCUT2D eigenvalue weighted by atomic mass is 9.92. The van der Waals surface area contributed by atoms with Gasteiger partial charge in [0.15, 0.2) is 0 Å². The van der Waals surface area contributed by atoms with E-state index in [-0.39, 0.29) is 11.7 Å². The molecule has 0 aromatic heterocycles. The Kier molecular flexibility index (Phi) is 4.79. The van der Waals surface area contributed by atoms with Crippen LogP contribution in [0.25, 0.3) is 0 Å². The summed E-state index contributed by atoms with van der Waals surface area (Å²) >= 11 is 0. The van der Waals surface area contributed by atoms with E-state index in [0.717, 1.165) is 25.7 Å². The molecule has 1 aromatic carbocycles. The molecule has 1 saturated carbocycles. The second kappa shape index (κ2) is 6.56. The van der Waals surface area contributed by atoms with E-state index in [9.17, 15) is 15.2 Å². The molecule has 110 valence electrons. The number of benzene rings is 1. The summed E-state index contributed by atoms with van der Waals surface area (Å²) in [5.41, 5.74) is 0.609. The quantitative estimate of drug-likeness (QED) is 0.640. The summed E-state index contributed by atoms with van der Waals surface area (Å²) < 4.78 is 5.35. The molecule has 0 bridgehead atoms. The van der Waals surface area contributed by atoms with Crippen LogP contribution in [-0.2, 0) is 0 Å². The first-order valence-electron chi connectivity index (χ1n) is 6.97. The Hall–Kier alpha value is -1.82. The van der Waals surface area contributed by atoms with Crippen LogP contribution in [0.5, 0.6) is 5.75 Å². The number of hydrogen-bond acceptors (Lipinski definition) is 5. The Bertz CT molecular complexity index is 478. The first-order valence-corrected chi connectivity index (χ1v) is 6.97. The summed E-state index contributed by atoms with van der Waals surface area (Å²) in [4.78, 5) is 10.5. The lowest BCUT2D eigenvalue weighted by Gasteiger charge is -2.29. The van der Waals surface area contributed by atoms with E-state index in [2.05, 4.69) is 5.32 Å². The molecule has 2 N–H and O–H groups in total. The Labute approximate surface area is 117 Å². The van der Waals surface area contributed by atoms with E-state index < -0.39 is 11.0 Å². The van der Waals surface area contributed by atoms with Gasteiger partial charge in [0.25, 0.3) is 5.69 Å². The molecular formula is C14H20N2O4. The summed E-state index contributed by atoms with van der Waals surface area (Å²) in [5, 5.41) is 24.1. The number of rotatable bonds is 5. The van der Waals surface area contributed by atoms with Crippen molar-refractivity contribution in [2.24, 2.45) is 0 Å². The van der Waals surface area contributed by atoms with Gasteiger partial charge in [-0.05, 0) is 19.8 Å². The van der Waals surface area contributed by atoms with Crippen LogP contribution in [0.4, 0.5) is 11.4 Å². The largest absolute Gasteiger partial charge is 0.494 e. The molecule has 0 spiro atoms. The molecule has 2 atom stereocenters. The van der Waals surface area contributed by atoms with Gasteiger partial charge in [-0.2, -0.15) is 0 Å². The molecule has 0 amide bonds. The molecule has 2 rings (SSSR count). The van der Waals surface area contributed by atoms with Crippen molar-refractivity contribution >= 4 is 11.4 Å². The van der Waals surface area contributed by atoms with Gasteiger partial charge in [-0.3, -0.25) is 10.1 Å². The van der Waals surface area contributed by atoms with Crippen LogP contribution in [0.2, 0.25) is 0 Å². The van der Waals surface area contributed by atoms with Crippen molar-refractivity contribution in [3.05, 3.63) is 28.3 Å². The molecule has 1 aliphatic carbocycles. The number of nitrogens with zero attached hydrogens (tertiary/aromatic N) is 1. The zero-order valence-corrected chi connectivity index (χ0v) is 11.5. The highest BCUT2D eigenvalue weighted by Crippen LogP contribution is 2.29. The number of aliphatic hydroxyl groups is 1. The van der Waals surface area contributed by atoms with Gasteiger partial charge in [0.05, 0.1) is 29.7 Å². The van der Waals surface area contributed by atoms with Crippen molar-refractivity contribution in [2.75, 3.05) is 11.9 Å². The third-order valence-corrected chi connectivity index (χ3v) is 3.49. The lowest BCUT2D eigenvalue weighted by molar-refractivity contribution is -0.384. The van der Waals surface area contributed by atoms with Gasteiger partial charge >= 0.3 is 0 Å². The molecule has 6 nitrogen and oxygen atoms in total. The fourth-order valence-corrected chi connectivity index (χ4v) is 2.52. The standard InChI is InChI=1S/C14H20N2O4/c1-2-20-12-8-10(7-11(9-12)16(18)19)15-13-5-3-4-6-14(13)17/h7-9,13-15,17H,2-6H2,1H3. The number of aliphatic hydroxyl groups excluding tert-OH is 1. The van der Waals surface area contributed by atoms with Crippen LogP contribution in [0, 0.1) is 10.1 Å². The topological polar surface area (TPSA) is 84.6 Å². The zero-order valence-electron chi connectivity index (χ0n) is 11.5. The van der Waals surface area contributed by atoms with Crippen molar-refractivity contribution in [3.8, 4) is 5.75 Å². The minimum atomic E-state index is -0.439. The van der Waals surface area contributed by atoms with Crippen molar-refractivity contribution in [1.82, 2.24) is 0 Å². The minimum Gasteiger partial charge on any atom is -0.494 e. The van der Waals surface area contributed by atoms with E-state index >= 15 is 0 Å². The second-order valence-corrected chi connectivity index (χ2v) is 5.01. The fraction of sp³-hybridized carbons (Fsp3) is 0.571. The zero-order chi connectivity index (χ0) is 14.5. The van der Waals surface area contributed by atoms with Gasteiger partial charge in [-0.1, -0.05) is 12.8 Å². The van der Waals surface area contributed by atoms with E-state index in [1.807, 2.05) is 6.92 Å². The molecule has 1 aromatic rings. The van der Waals surface area contributed by atoms with Gasteiger partial charge < -0.3 is 15.2 Å². The average molecular weight is 280 g/mol. The first-order chi connectivity index (χ1) is 9.60. The van der Waals surface area contributed by atoms with Gasteiger partial charge in [0, 0.05) is 17.8 Å². The van der Waals surface area contributed by atoms with E-state index in [1.54, 1.807) is 6.07 Å². The Morgan fingerprint density at radius 2 is 2.15 bits per heavy atom. The van der Waals surface area contributed by atoms with Crippen LogP contribution in [0.3, 0.4) is 0 Å². The maximum absolute atomic E-state index is 10.9. The Morgan fingerprint density at radius 1 is 1.40 bits per heavy atom.